The highest BCUT2D eigenvalue weighted by atomic mass is 32.2. The van der Waals surface area contributed by atoms with Crippen LogP contribution in [0.3, 0.4) is 0 Å². The molecule has 0 aliphatic carbocycles. The van der Waals surface area contributed by atoms with Crippen LogP contribution in [0.15, 0.2) is 47.4 Å². The average molecular weight is 326 g/mol. The van der Waals surface area contributed by atoms with Gasteiger partial charge >= 0.3 is 0 Å². The second kappa shape index (κ2) is 5.74. The van der Waals surface area contributed by atoms with Crippen molar-refractivity contribution < 1.29 is 9.59 Å². The third-order valence-electron chi connectivity index (χ3n) is 3.80. The lowest BCUT2D eigenvalue weighted by Crippen LogP contribution is -2.49. The summed E-state index contributed by atoms with van der Waals surface area (Å²) >= 11 is 1.28. The Bertz CT molecular complexity index is 783. The Morgan fingerprint density at radius 3 is 2.48 bits per heavy atom. The van der Waals surface area contributed by atoms with Crippen LogP contribution in [0.2, 0.25) is 0 Å². The Labute approximate surface area is 139 Å². The van der Waals surface area contributed by atoms with Crippen molar-refractivity contribution >= 4 is 35.0 Å². The summed E-state index contributed by atoms with van der Waals surface area (Å²) in [7, 11) is 0. The zero-order valence-corrected chi connectivity index (χ0v) is 14.1. The smallest absolute Gasteiger partial charge is 0.250 e. The highest BCUT2D eigenvalue weighted by Gasteiger charge is 2.45. The number of para-hydroxylation sites is 1. The van der Waals surface area contributed by atoms with Gasteiger partial charge < -0.3 is 10.6 Å². The zero-order chi connectivity index (χ0) is 16.6. The first-order valence-corrected chi connectivity index (χ1v) is 8.19. The summed E-state index contributed by atoms with van der Waals surface area (Å²) in [6.45, 7) is 5.60. The van der Waals surface area contributed by atoms with Gasteiger partial charge in [-0.15, -0.1) is 0 Å². The molecule has 5 heteroatoms. The molecule has 2 aromatic carbocycles. The molecular formula is C18H18N2O2S. The van der Waals surface area contributed by atoms with Gasteiger partial charge in [-0.05, 0) is 56.2 Å². The minimum Gasteiger partial charge on any atom is -0.324 e. The first-order chi connectivity index (χ1) is 10.9. The van der Waals surface area contributed by atoms with E-state index in [2.05, 4.69) is 10.6 Å². The summed E-state index contributed by atoms with van der Waals surface area (Å²) < 4.78 is -1.20. The average Bonchev–Trinajstić information content (AvgIpc) is 2.47. The SMILES string of the molecule is Cc1cc(C)cc(NC(=O)C2(C)Sc3ccccc3NC2=O)c1. The molecule has 1 aliphatic rings. The van der Waals surface area contributed by atoms with E-state index in [1.54, 1.807) is 6.92 Å². The molecule has 118 valence electrons. The van der Waals surface area contributed by atoms with Crippen molar-refractivity contribution in [3.63, 3.8) is 0 Å². The molecule has 0 spiro atoms. The summed E-state index contributed by atoms with van der Waals surface area (Å²) in [5.41, 5.74) is 3.59. The van der Waals surface area contributed by atoms with Gasteiger partial charge in [-0.1, -0.05) is 30.0 Å². The zero-order valence-electron chi connectivity index (χ0n) is 13.3. The summed E-state index contributed by atoms with van der Waals surface area (Å²) in [4.78, 5) is 26.1. The molecule has 1 heterocycles. The van der Waals surface area contributed by atoms with Crippen LogP contribution < -0.4 is 10.6 Å². The molecule has 2 amide bonds. The standard InChI is InChI=1S/C18H18N2O2S/c1-11-8-12(2)10-13(9-11)19-16(21)18(3)17(22)20-14-6-4-5-7-15(14)23-18/h4-10H,1-3H3,(H,19,21)(H,20,22). The van der Waals surface area contributed by atoms with Crippen molar-refractivity contribution in [3.8, 4) is 0 Å². The Morgan fingerprint density at radius 1 is 1.13 bits per heavy atom. The third kappa shape index (κ3) is 2.97. The Hall–Kier alpha value is -2.27. The molecule has 1 atom stereocenters. The minimum atomic E-state index is -1.20. The molecule has 2 N–H and O–H groups in total. The van der Waals surface area contributed by atoms with Crippen molar-refractivity contribution in [1.29, 1.82) is 0 Å². The van der Waals surface area contributed by atoms with Crippen molar-refractivity contribution in [2.24, 2.45) is 0 Å². The molecule has 3 rings (SSSR count). The van der Waals surface area contributed by atoms with Gasteiger partial charge in [0, 0.05) is 10.6 Å². The molecular weight excluding hydrogens is 308 g/mol. The molecule has 0 radical (unpaired) electrons. The number of nitrogens with one attached hydrogen (secondary N) is 2. The fraction of sp³-hybridized carbons (Fsp3) is 0.222. The molecule has 0 aromatic heterocycles. The lowest BCUT2D eigenvalue weighted by molar-refractivity contribution is -0.126. The van der Waals surface area contributed by atoms with E-state index < -0.39 is 4.75 Å². The second-order valence-electron chi connectivity index (χ2n) is 5.92. The number of hydrogen-bond donors (Lipinski definition) is 2. The van der Waals surface area contributed by atoms with Crippen LogP contribution in [0, 0.1) is 13.8 Å². The van der Waals surface area contributed by atoms with E-state index in [0.717, 1.165) is 21.7 Å². The molecule has 0 fully saturated rings. The maximum Gasteiger partial charge on any atom is 0.250 e. The Kier molecular flexibility index (Phi) is 3.90. The summed E-state index contributed by atoms with van der Waals surface area (Å²) in [6, 6.07) is 13.3. The normalized spacial score (nSPS) is 19.7. The van der Waals surface area contributed by atoms with E-state index in [9.17, 15) is 9.59 Å². The number of carbonyl (C=O) groups excluding carboxylic acids is 2. The van der Waals surface area contributed by atoms with Crippen molar-refractivity contribution in [2.75, 3.05) is 10.6 Å². The number of fused-ring (bicyclic) bond motifs is 1. The molecule has 0 bridgehead atoms. The first-order valence-electron chi connectivity index (χ1n) is 7.38. The van der Waals surface area contributed by atoms with E-state index in [1.807, 2.05) is 56.3 Å². The molecule has 2 aromatic rings. The van der Waals surface area contributed by atoms with Crippen molar-refractivity contribution in [3.05, 3.63) is 53.6 Å². The predicted molar refractivity (Wildman–Crippen MR) is 93.9 cm³/mol. The molecule has 0 saturated carbocycles. The van der Waals surface area contributed by atoms with E-state index >= 15 is 0 Å². The summed E-state index contributed by atoms with van der Waals surface area (Å²) in [5, 5.41) is 5.69. The van der Waals surface area contributed by atoms with E-state index in [1.165, 1.54) is 11.8 Å². The van der Waals surface area contributed by atoms with Gasteiger partial charge in [0.2, 0.25) is 11.8 Å². The minimum absolute atomic E-state index is 0.303. The summed E-state index contributed by atoms with van der Waals surface area (Å²) in [6.07, 6.45) is 0. The van der Waals surface area contributed by atoms with E-state index in [4.69, 9.17) is 0 Å². The van der Waals surface area contributed by atoms with Crippen LogP contribution in [-0.2, 0) is 9.59 Å². The number of carbonyl (C=O) groups is 2. The Balaban J connectivity index is 1.88. The molecule has 4 nitrogen and oxygen atoms in total. The highest BCUT2D eigenvalue weighted by Crippen LogP contribution is 2.42. The van der Waals surface area contributed by atoms with Crippen LogP contribution in [0.1, 0.15) is 18.1 Å². The molecule has 1 aliphatic heterocycles. The fourth-order valence-corrected chi connectivity index (χ4v) is 3.72. The van der Waals surface area contributed by atoms with Crippen LogP contribution in [0.4, 0.5) is 11.4 Å². The number of rotatable bonds is 2. The number of thioether (sulfide) groups is 1. The van der Waals surface area contributed by atoms with Gasteiger partial charge in [-0.25, -0.2) is 0 Å². The van der Waals surface area contributed by atoms with Crippen LogP contribution >= 0.6 is 11.8 Å². The number of hydrogen-bond acceptors (Lipinski definition) is 3. The quantitative estimate of drug-likeness (QED) is 0.827. The topological polar surface area (TPSA) is 58.2 Å². The monoisotopic (exact) mass is 326 g/mol. The van der Waals surface area contributed by atoms with Gasteiger partial charge in [-0.2, -0.15) is 0 Å². The predicted octanol–water partition coefficient (Wildman–Crippen LogP) is 3.75. The molecule has 1 unspecified atom stereocenters. The Morgan fingerprint density at radius 2 is 1.78 bits per heavy atom. The first kappa shape index (κ1) is 15.6. The van der Waals surface area contributed by atoms with Crippen LogP contribution in [0.5, 0.6) is 0 Å². The third-order valence-corrected chi connectivity index (χ3v) is 5.15. The lowest BCUT2D eigenvalue weighted by atomic mass is 10.1. The molecule has 23 heavy (non-hydrogen) atoms. The fourth-order valence-electron chi connectivity index (χ4n) is 2.61. The van der Waals surface area contributed by atoms with Crippen LogP contribution in [-0.4, -0.2) is 16.6 Å². The largest absolute Gasteiger partial charge is 0.324 e. The van der Waals surface area contributed by atoms with Gasteiger partial charge in [0.25, 0.3) is 0 Å². The van der Waals surface area contributed by atoms with Crippen LogP contribution in [0.25, 0.3) is 0 Å². The lowest BCUT2D eigenvalue weighted by Gasteiger charge is -2.31. The number of aryl methyl sites for hydroxylation is 2. The maximum absolute atomic E-state index is 12.7. The second-order valence-corrected chi connectivity index (χ2v) is 7.38. The number of amides is 2. The van der Waals surface area contributed by atoms with Gasteiger partial charge in [0.15, 0.2) is 4.75 Å². The van der Waals surface area contributed by atoms with Gasteiger partial charge in [-0.3, -0.25) is 9.59 Å². The summed E-state index contributed by atoms with van der Waals surface area (Å²) in [5.74, 6) is -0.623. The van der Waals surface area contributed by atoms with Crippen molar-refractivity contribution in [2.45, 2.75) is 30.4 Å². The molecule has 0 saturated heterocycles. The number of anilines is 2. The number of benzene rings is 2. The highest BCUT2D eigenvalue weighted by molar-refractivity contribution is 8.02. The maximum atomic E-state index is 12.7. The van der Waals surface area contributed by atoms with Gasteiger partial charge in [0.1, 0.15) is 0 Å². The van der Waals surface area contributed by atoms with E-state index in [0.29, 0.717) is 5.69 Å². The van der Waals surface area contributed by atoms with Crippen molar-refractivity contribution in [1.82, 2.24) is 0 Å². The van der Waals surface area contributed by atoms with E-state index in [-0.39, 0.29) is 11.8 Å². The van der Waals surface area contributed by atoms with Gasteiger partial charge in [0.05, 0.1) is 5.69 Å².